The number of benzene rings is 1. The van der Waals surface area contributed by atoms with Gasteiger partial charge in [0.25, 0.3) is 0 Å². The topological polar surface area (TPSA) is 66.5 Å². The zero-order chi connectivity index (χ0) is 21.1. The lowest BCUT2D eigenvalue weighted by molar-refractivity contribution is -0.137. The molecule has 1 heterocycles. The Labute approximate surface area is 174 Å². The number of carbonyl (C=O) groups excluding carboxylic acids is 1. The third-order valence-electron chi connectivity index (χ3n) is 5.53. The van der Waals surface area contributed by atoms with Crippen molar-refractivity contribution in [3.8, 4) is 0 Å². The molecule has 2 atom stereocenters. The Hall–Kier alpha value is -1.11. The van der Waals surface area contributed by atoms with Gasteiger partial charge in [-0.3, -0.25) is 4.79 Å². The van der Waals surface area contributed by atoms with Gasteiger partial charge in [-0.15, -0.1) is 0 Å². The van der Waals surface area contributed by atoms with Crippen molar-refractivity contribution >= 4 is 27.5 Å². The number of hydrogen-bond acceptors (Lipinski definition) is 3. The van der Waals surface area contributed by atoms with Crippen molar-refractivity contribution in [3.05, 3.63) is 34.9 Å². The van der Waals surface area contributed by atoms with Gasteiger partial charge in [0.1, 0.15) is 6.04 Å². The van der Waals surface area contributed by atoms with Crippen molar-refractivity contribution in [1.82, 2.24) is 9.62 Å². The van der Waals surface area contributed by atoms with Crippen LogP contribution in [0.4, 0.5) is 0 Å². The molecule has 1 N–H and O–H groups in total. The lowest BCUT2D eigenvalue weighted by atomic mass is 9.70. The minimum Gasteiger partial charge on any atom is -0.341 e. The molecule has 0 saturated carbocycles. The summed E-state index contributed by atoms with van der Waals surface area (Å²) in [5.74, 6) is 0.116. The molecule has 0 spiro atoms. The van der Waals surface area contributed by atoms with E-state index in [4.69, 9.17) is 11.6 Å². The number of amides is 1. The van der Waals surface area contributed by atoms with Crippen molar-refractivity contribution in [2.45, 2.75) is 59.4 Å². The fourth-order valence-electron chi connectivity index (χ4n) is 4.05. The van der Waals surface area contributed by atoms with Crippen molar-refractivity contribution in [3.63, 3.8) is 0 Å². The number of sulfonamides is 1. The first-order chi connectivity index (χ1) is 13.0. The molecule has 1 amide bonds. The summed E-state index contributed by atoms with van der Waals surface area (Å²) in [6.45, 7) is 11.1. The van der Waals surface area contributed by atoms with E-state index in [2.05, 4.69) is 30.7 Å². The zero-order valence-corrected chi connectivity index (χ0v) is 19.1. The van der Waals surface area contributed by atoms with E-state index in [1.165, 1.54) is 5.56 Å². The molecule has 0 radical (unpaired) electrons. The SMILES string of the molecule is CCCS(=O)(=O)N[C@@H](C(=O)N1CC[C@H](c2ccc(Cl)cc2)C(C)(C)C1)C(C)C. The Bertz CT molecular complexity index is 775. The van der Waals surface area contributed by atoms with Gasteiger partial charge in [0.05, 0.1) is 5.75 Å². The van der Waals surface area contributed by atoms with Gasteiger partial charge in [0, 0.05) is 18.1 Å². The monoisotopic (exact) mass is 428 g/mol. The molecule has 0 unspecified atom stereocenters. The Morgan fingerprint density at radius 2 is 1.89 bits per heavy atom. The summed E-state index contributed by atoms with van der Waals surface area (Å²) in [4.78, 5) is 15.0. The molecule has 28 heavy (non-hydrogen) atoms. The van der Waals surface area contributed by atoms with E-state index in [1.807, 2.05) is 37.8 Å². The Morgan fingerprint density at radius 1 is 1.29 bits per heavy atom. The molecule has 1 aliphatic rings. The van der Waals surface area contributed by atoms with E-state index >= 15 is 0 Å². The molecule has 1 fully saturated rings. The maximum atomic E-state index is 13.2. The standard InChI is InChI=1S/C21H33ClN2O3S/c1-6-13-28(26,27)23-19(15(2)3)20(25)24-12-11-18(21(4,5)14-24)16-7-9-17(22)10-8-16/h7-10,15,18-19,23H,6,11-14H2,1-5H3/t18-,19-/m1/s1. The largest absolute Gasteiger partial charge is 0.341 e. The number of hydrogen-bond donors (Lipinski definition) is 1. The van der Waals surface area contributed by atoms with Crippen molar-refractivity contribution < 1.29 is 13.2 Å². The highest BCUT2D eigenvalue weighted by molar-refractivity contribution is 7.89. The van der Waals surface area contributed by atoms with Crippen LogP contribution < -0.4 is 4.72 Å². The predicted octanol–water partition coefficient (Wildman–Crippen LogP) is 4.04. The molecule has 0 bridgehead atoms. The molecular formula is C21H33ClN2O3S. The first-order valence-corrected chi connectivity index (χ1v) is 12.0. The summed E-state index contributed by atoms with van der Waals surface area (Å²) in [6.07, 6.45) is 1.36. The quantitative estimate of drug-likeness (QED) is 0.712. The van der Waals surface area contributed by atoms with Gasteiger partial charge in [-0.2, -0.15) is 0 Å². The molecule has 0 aromatic heterocycles. The first kappa shape index (κ1) is 23.2. The summed E-state index contributed by atoms with van der Waals surface area (Å²) < 4.78 is 27.1. The number of nitrogens with zero attached hydrogens (tertiary/aromatic N) is 1. The molecule has 0 aliphatic carbocycles. The lowest BCUT2D eigenvalue weighted by Crippen LogP contribution is -2.56. The van der Waals surface area contributed by atoms with Gasteiger partial charge < -0.3 is 4.90 Å². The van der Waals surface area contributed by atoms with Gasteiger partial charge >= 0.3 is 0 Å². The van der Waals surface area contributed by atoms with E-state index in [0.717, 1.165) is 6.42 Å². The van der Waals surface area contributed by atoms with Crippen LogP contribution in [0.3, 0.4) is 0 Å². The maximum Gasteiger partial charge on any atom is 0.241 e. The van der Waals surface area contributed by atoms with E-state index in [1.54, 1.807) is 0 Å². The second-order valence-electron chi connectivity index (χ2n) is 8.80. The molecule has 1 aromatic carbocycles. The molecule has 1 aliphatic heterocycles. The second kappa shape index (κ2) is 9.14. The van der Waals surface area contributed by atoms with Crippen LogP contribution in [-0.2, 0) is 14.8 Å². The molecule has 1 aromatic rings. The molecule has 2 rings (SSSR count). The van der Waals surface area contributed by atoms with Gasteiger partial charge in [0.15, 0.2) is 0 Å². The number of likely N-dealkylation sites (tertiary alicyclic amines) is 1. The highest BCUT2D eigenvalue weighted by atomic mass is 35.5. The number of nitrogens with one attached hydrogen (secondary N) is 1. The minimum atomic E-state index is -3.46. The minimum absolute atomic E-state index is 0.0354. The molecule has 5 nitrogen and oxygen atoms in total. The number of carbonyl (C=O) groups is 1. The van der Waals surface area contributed by atoms with Gasteiger partial charge in [0.2, 0.25) is 15.9 Å². The van der Waals surface area contributed by atoms with Crippen LogP contribution in [-0.4, -0.2) is 44.1 Å². The fraction of sp³-hybridized carbons (Fsp3) is 0.667. The van der Waals surface area contributed by atoms with E-state index in [9.17, 15) is 13.2 Å². The third kappa shape index (κ3) is 5.71. The predicted molar refractivity (Wildman–Crippen MR) is 115 cm³/mol. The summed E-state index contributed by atoms with van der Waals surface area (Å²) >= 11 is 6.02. The summed E-state index contributed by atoms with van der Waals surface area (Å²) in [7, 11) is -3.46. The molecule has 158 valence electrons. The summed E-state index contributed by atoms with van der Waals surface area (Å²) in [6, 6.07) is 7.20. The highest BCUT2D eigenvalue weighted by Gasteiger charge is 2.40. The second-order valence-corrected chi connectivity index (χ2v) is 11.1. The molecule has 1 saturated heterocycles. The van der Waals surface area contributed by atoms with Crippen LogP contribution in [0.15, 0.2) is 24.3 Å². The highest BCUT2D eigenvalue weighted by Crippen LogP contribution is 2.42. The van der Waals surface area contributed by atoms with Crippen LogP contribution in [0.2, 0.25) is 5.02 Å². The summed E-state index contributed by atoms with van der Waals surface area (Å²) in [5.41, 5.74) is 1.11. The normalized spacial score (nSPS) is 21.0. The Morgan fingerprint density at radius 3 is 2.39 bits per heavy atom. The zero-order valence-electron chi connectivity index (χ0n) is 17.5. The van der Waals surface area contributed by atoms with E-state index in [-0.39, 0.29) is 23.0 Å². The maximum absolute atomic E-state index is 13.2. The first-order valence-electron chi connectivity index (χ1n) is 10.0. The van der Waals surface area contributed by atoms with Crippen molar-refractivity contribution in [2.75, 3.05) is 18.8 Å². The number of piperidine rings is 1. The van der Waals surface area contributed by atoms with Crippen molar-refractivity contribution in [1.29, 1.82) is 0 Å². The summed E-state index contributed by atoms with van der Waals surface area (Å²) in [5, 5.41) is 0.716. The van der Waals surface area contributed by atoms with Crippen LogP contribution in [0.5, 0.6) is 0 Å². The smallest absolute Gasteiger partial charge is 0.241 e. The number of rotatable bonds is 7. The van der Waals surface area contributed by atoms with Crippen LogP contribution in [0.25, 0.3) is 0 Å². The third-order valence-corrected chi connectivity index (χ3v) is 7.34. The average Bonchev–Trinajstić information content (AvgIpc) is 2.59. The number of halogens is 1. The molecular weight excluding hydrogens is 396 g/mol. The fourth-order valence-corrected chi connectivity index (χ4v) is 5.59. The Kier molecular flexibility index (Phi) is 7.56. The van der Waals surface area contributed by atoms with Crippen LogP contribution >= 0.6 is 11.6 Å². The molecule has 7 heteroatoms. The Balaban J connectivity index is 2.15. The van der Waals surface area contributed by atoms with Crippen LogP contribution in [0.1, 0.15) is 58.9 Å². The van der Waals surface area contributed by atoms with Crippen LogP contribution in [0, 0.1) is 11.3 Å². The lowest BCUT2D eigenvalue weighted by Gasteiger charge is -2.45. The van der Waals surface area contributed by atoms with Gasteiger partial charge in [-0.05, 0) is 47.8 Å². The van der Waals surface area contributed by atoms with E-state index in [0.29, 0.717) is 30.5 Å². The van der Waals surface area contributed by atoms with Gasteiger partial charge in [-0.1, -0.05) is 58.4 Å². The van der Waals surface area contributed by atoms with Gasteiger partial charge in [-0.25, -0.2) is 13.1 Å². The van der Waals surface area contributed by atoms with Crippen molar-refractivity contribution in [2.24, 2.45) is 11.3 Å². The average molecular weight is 429 g/mol. The van der Waals surface area contributed by atoms with E-state index < -0.39 is 16.1 Å².